The van der Waals surface area contributed by atoms with Gasteiger partial charge in [0.05, 0.1) is 12.6 Å². The second-order valence-corrected chi connectivity index (χ2v) is 7.72. The Bertz CT molecular complexity index is 953. The number of likely N-dealkylation sites (tertiary alicyclic amines) is 1. The van der Waals surface area contributed by atoms with Gasteiger partial charge in [0, 0.05) is 31.7 Å². The second kappa shape index (κ2) is 12.5. The largest absolute Gasteiger partial charge is 0.357 e. The van der Waals surface area contributed by atoms with Gasteiger partial charge in [-0.1, -0.05) is 30.3 Å². The maximum atomic E-state index is 4.82. The molecule has 3 aromatic rings. The van der Waals surface area contributed by atoms with Crippen molar-refractivity contribution in [1.29, 1.82) is 0 Å². The van der Waals surface area contributed by atoms with Gasteiger partial charge in [0.15, 0.2) is 11.8 Å². The van der Waals surface area contributed by atoms with Crippen LogP contribution in [-0.2, 0) is 6.54 Å². The van der Waals surface area contributed by atoms with Crippen molar-refractivity contribution in [3.63, 3.8) is 0 Å². The zero-order valence-corrected chi connectivity index (χ0v) is 20.9. The summed E-state index contributed by atoms with van der Waals surface area (Å²) in [6.45, 7) is 6.62. The molecule has 0 radical (unpaired) electrons. The zero-order valence-electron chi connectivity index (χ0n) is 18.5. The minimum Gasteiger partial charge on any atom is -0.357 e. The molecule has 0 spiro atoms. The molecule has 0 bridgehead atoms. The minimum atomic E-state index is 0. The van der Waals surface area contributed by atoms with E-state index in [4.69, 9.17) is 4.99 Å². The normalized spacial score (nSPS) is 15.2. The second-order valence-electron chi connectivity index (χ2n) is 7.72. The number of nitrogens with zero attached hydrogens (tertiary/aromatic N) is 5. The SMILES string of the molecule is CCNC(=NCc1ccnc(-n2cccn2)c1)NCC(c1ccccc1)N1CCCC1.I. The van der Waals surface area contributed by atoms with Crippen molar-refractivity contribution in [2.24, 2.45) is 4.99 Å². The van der Waals surface area contributed by atoms with Crippen LogP contribution < -0.4 is 10.6 Å². The molecule has 3 heterocycles. The number of rotatable bonds is 8. The van der Waals surface area contributed by atoms with Gasteiger partial charge in [0.25, 0.3) is 0 Å². The quantitative estimate of drug-likeness (QED) is 0.256. The summed E-state index contributed by atoms with van der Waals surface area (Å²) in [5, 5.41) is 11.2. The van der Waals surface area contributed by atoms with Gasteiger partial charge in [-0.2, -0.15) is 5.10 Å². The van der Waals surface area contributed by atoms with Gasteiger partial charge < -0.3 is 10.6 Å². The Balaban J connectivity index is 0.00000289. The summed E-state index contributed by atoms with van der Waals surface area (Å²) >= 11 is 0. The topological polar surface area (TPSA) is 70.4 Å². The Morgan fingerprint density at radius 1 is 1.06 bits per heavy atom. The van der Waals surface area contributed by atoms with Crippen LogP contribution >= 0.6 is 24.0 Å². The molecule has 8 heteroatoms. The summed E-state index contributed by atoms with van der Waals surface area (Å²) in [4.78, 5) is 11.8. The average molecular weight is 545 g/mol. The first-order chi connectivity index (χ1) is 15.3. The molecule has 1 saturated heterocycles. The maximum Gasteiger partial charge on any atom is 0.191 e. The van der Waals surface area contributed by atoms with Crippen molar-refractivity contribution in [2.75, 3.05) is 26.2 Å². The van der Waals surface area contributed by atoms with E-state index >= 15 is 0 Å². The molecule has 0 saturated carbocycles. The maximum absolute atomic E-state index is 4.82. The molecule has 1 unspecified atom stereocenters. The fraction of sp³-hybridized carbons (Fsp3) is 0.375. The highest BCUT2D eigenvalue weighted by atomic mass is 127. The lowest BCUT2D eigenvalue weighted by molar-refractivity contribution is 0.245. The molecule has 0 amide bonds. The minimum absolute atomic E-state index is 0. The van der Waals surface area contributed by atoms with E-state index in [2.05, 4.69) is 62.9 Å². The molecular formula is C24H32IN7. The molecule has 2 aromatic heterocycles. The fourth-order valence-corrected chi connectivity index (χ4v) is 3.98. The van der Waals surface area contributed by atoms with E-state index in [-0.39, 0.29) is 24.0 Å². The lowest BCUT2D eigenvalue weighted by Crippen LogP contribution is -2.42. The number of aromatic nitrogens is 3. The van der Waals surface area contributed by atoms with E-state index < -0.39 is 0 Å². The number of aliphatic imine (C=N–C) groups is 1. The fourth-order valence-electron chi connectivity index (χ4n) is 3.98. The van der Waals surface area contributed by atoms with E-state index in [0.29, 0.717) is 12.6 Å². The number of nitrogens with one attached hydrogen (secondary N) is 2. The summed E-state index contributed by atoms with van der Waals surface area (Å²) in [5.74, 6) is 1.63. The third-order valence-corrected chi connectivity index (χ3v) is 5.54. The van der Waals surface area contributed by atoms with Gasteiger partial charge in [0.1, 0.15) is 0 Å². The number of guanidine groups is 1. The lowest BCUT2D eigenvalue weighted by Gasteiger charge is -2.29. The van der Waals surface area contributed by atoms with Gasteiger partial charge in [-0.3, -0.25) is 4.90 Å². The summed E-state index contributed by atoms with van der Waals surface area (Å²) in [6.07, 6.45) is 8.00. The molecule has 1 atom stereocenters. The van der Waals surface area contributed by atoms with Crippen molar-refractivity contribution in [1.82, 2.24) is 30.3 Å². The lowest BCUT2D eigenvalue weighted by atomic mass is 10.1. The summed E-state index contributed by atoms with van der Waals surface area (Å²) < 4.78 is 1.76. The Hall–Kier alpha value is -2.46. The monoisotopic (exact) mass is 545 g/mol. The highest BCUT2D eigenvalue weighted by Crippen LogP contribution is 2.24. The van der Waals surface area contributed by atoms with E-state index in [1.165, 1.54) is 18.4 Å². The first kappa shape index (κ1) is 24.2. The highest BCUT2D eigenvalue weighted by molar-refractivity contribution is 14.0. The molecule has 1 aliphatic heterocycles. The smallest absolute Gasteiger partial charge is 0.191 e. The van der Waals surface area contributed by atoms with Crippen molar-refractivity contribution < 1.29 is 0 Å². The van der Waals surface area contributed by atoms with Gasteiger partial charge >= 0.3 is 0 Å². The van der Waals surface area contributed by atoms with Crippen molar-refractivity contribution in [3.05, 3.63) is 78.2 Å². The molecular weight excluding hydrogens is 513 g/mol. The molecule has 1 fully saturated rings. The van der Waals surface area contributed by atoms with Gasteiger partial charge in [0.2, 0.25) is 0 Å². The Morgan fingerprint density at radius 2 is 1.88 bits per heavy atom. The van der Waals surface area contributed by atoms with Crippen molar-refractivity contribution in [3.8, 4) is 5.82 Å². The number of hydrogen-bond acceptors (Lipinski definition) is 4. The molecule has 0 aliphatic carbocycles. The van der Waals surface area contributed by atoms with Gasteiger partial charge in [-0.15, -0.1) is 24.0 Å². The predicted octanol–water partition coefficient (Wildman–Crippen LogP) is 3.78. The zero-order chi connectivity index (χ0) is 21.3. The van der Waals surface area contributed by atoms with Crippen LogP contribution in [0.2, 0.25) is 0 Å². The summed E-state index contributed by atoms with van der Waals surface area (Å²) in [6, 6.07) is 17.0. The summed E-state index contributed by atoms with van der Waals surface area (Å²) in [5.41, 5.74) is 2.45. The van der Waals surface area contributed by atoms with Crippen LogP contribution in [0.5, 0.6) is 0 Å². The third kappa shape index (κ3) is 6.52. The van der Waals surface area contributed by atoms with Crippen LogP contribution in [0.15, 0.2) is 72.1 Å². The van der Waals surface area contributed by atoms with E-state index in [1.807, 2.05) is 24.4 Å². The van der Waals surface area contributed by atoms with Gasteiger partial charge in [-0.25, -0.2) is 14.7 Å². The predicted molar refractivity (Wildman–Crippen MR) is 140 cm³/mol. The van der Waals surface area contributed by atoms with E-state index in [9.17, 15) is 0 Å². The molecule has 4 rings (SSSR count). The molecule has 170 valence electrons. The Labute approximate surface area is 207 Å². The number of hydrogen-bond donors (Lipinski definition) is 2. The first-order valence-electron chi connectivity index (χ1n) is 11.1. The molecule has 32 heavy (non-hydrogen) atoms. The molecule has 1 aliphatic rings. The Morgan fingerprint density at radius 3 is 2.59 bits per heavy atom. The van der Waals surface area contributed by atoms with Crippen molar-refractivity contribution in [2.45, 2.75) is 32.4 Å². The van der Waals surface area contributed by atoms with Crippen LogP contribution in [0.1, 0.15) is 36.9 Å². The standard InChI is InChI=1S/C24H31N7.HI/c1-2-25-24(27-18-20-11-13-26-23(17-20)31-16-8-12-29-31)28-19-22(30-14-6-7-15-30)21-9-4-3-5-10-21;/h3-5,8-13,16-17,22H,2,6-7,14-15,18-19H2,1H3,(H2,25,27,28);1H. The van der Waals surface area contributed by atoms with E-state index in [1.54, 1.807) is 17.1 Å². The summed E-state index contributed by atoms with van der Waals surface area (Å²) in [7, 11) is 0. The average Bonchev–Trinajstić information content (AvgIpc) is 3.53. The third-order valence-electron chi connectivity index (χ3n) is 5.54. The van der Waals surface area contributed by atoms with Gasteiger partial charge in [-0.05, 0) is 62.2 Å². The number of halogens is 1. The van der Waals surface area contributed by atoms with Crippen LogP contribution in [0.4, 0.5) is 0 Å². The number of pyridine rings is 1. The van der Waals surface area contributed by atoms with Crippen LogP contribution in [0.3, 0.4) is 0 Å². The number of benzene rings is 1. The van der Waals surface area contributed by atoms with Crippen LogP contribution in [0.25, 0.3) is 5.82 Å². The molecule has 1 aromatic carbocycles. The van der Waals surface area contributed by atoms with Crippen LogP contribution in [-0.4, -0.2) is 51.8 Å². The highest BCUT2D eigenvalue weighted by Gasteiger charge is 2.23. The molecule has 2 N–H and O–H groups in total. The molecule has 7 nitrogen and oxygen atoms in total. The van der Waals surface area contributed by atoms with Crippen molar-refractivity contribution >= 4 is 29.9 Å². The Kier molecular flexibility index (Phi) is 9.48. The van der Waals surface area contributed by atoms with Crippen LogP contribution in [0, 0.1) is 0 Å². The van der Waals surface area contributed by atoms with E-state index in [0.717, 1.165) is 43.5 Å². The first-order valence-corrected chi connectivity index (χ1v) is 11.1.